The summed E-state index contributed by atoms with van der Waals surface area (Å²) in [4.78, 5) is 27.3. The number of nitrogens with one attached hydrogen (secondary N) is 1. The zero-order chi connectivity index (χ0) is 24.6. The van der Waals surface area contributed by atoms with Crippen molar-refractivity contribution in [1.29, 1.82) is 0 Å². The maximum Gasteiger partial charge on any atom is 0.255 e. The van der Waals surface area contributed by atoms with Gasteiger partial charge >= 0.3 is 0 Å². The summed E-state index contributed by atoms with van der Waals surface area (Å²) in [5.74, 6) is 0.657. The molecule has 0 spiro atoms. The van der Waals surface area contributed by atoms with Crippen molar-refractivity contribution in [1.82, 2.24) is 10.3 Å². The van der Waals surface area contributed by atoms with Crippen molar-refractivity contribution in [2.75, 3.05) is 37.0 Å². The highest BCUT2D eigenvalue weighted by Gasteiger charge is 2.34. The van der Waals surface area contributed by atoms with Gasteiger partial charge in [-0.25, -0.2) is 8.42 Å². The Hall–Kier alpha value is -2.48. The fraction of sp³-hybridized carbons (Fsp3) is 0.417. The molecule has 34 heavy (non-hydrogen) atoms. The fourth-order valence-corrected chi connectivity index (χ4v) is 5.57. The number of hydrogen-bond acceptors (Lipinski definition) is 6. The van der Waals surface area contributed by atoms with E-state index in [9.17, 15) is 18.1 Å². The van der Waals surface area contributed by atoms with E-state index in [1.54, 1.807) is 13.7 Å². The Morgan fingerprint density at radius 2 is 1.97 bits per heavy atom. The number of aromatic nitrogens is 1. The first-order valence-electron chi connectivity index (χ1n) is 11.2. The maximum atomic E-state index is 12.9. The number of anilines is 1. The first-order valence-corrected chi connectivity index (χ1v) is 15.0. The van der Waals surface area contributed by atoms with Crippen LogP contribution in [0.4, 0.5) is 5.82 Å². The van der Waals surface area contributed by atoms with Gasteiger partial charge in [0.15, 0.2) is 0 Å². The highest BCUT2D eigenvalue weighted by molar-refractivity contribution is 7.92. The smallest absolute Gasteiger partial charge is 0.255 e. The normalized spacial score (nSPS) is 14.9. The summed E-state index contributed by atoms with van der Waals surface area (Å²) >= 11 is 0. The van der Waals surface area contributed by atoms with Gasteiger partial charge in [0.05, 0.1) is 17.2 Å². The number of hydrogen-bond donors (Lipinski definition) is 2. The minimum Gasteiger partial charge on any atom is -0.437 e. The minimum atomic E-state index is -3.62. The first kappa shape index (κ1) is 24.6. The molecule has 0 bridgehead atoms. The summed E-state index contributed by atoms with van der Waals surface area (Å²) < 4.78 is 32.9. The number of carbonyl (C=O) groups is 1. The molecule has 1 atom stereocenters. The summed E-state index contributed by atoms with van der Waals surface area (Å²) in [6, 6.07) is 9.54. The van der Waals surface area contributed by atoms with Crippen molar-refractivity contribution in [3.05, 3.63) is 47.0 Å². The van der Waals surface area contributed by atoms with Crippen LogP contribution in [-0.2, 0) is 10.0 Å². The summed E-state index contributed by atoms with van der Waals surface area (Å²) in [6.07, 6.45) is 4.10. The van der Waals surface area contributed by atoms with E-state index in [-0.39, 0.29) is 24.1 Å². The van der Waals surface area contributed by atoms with Crippen LogP contribution in [0.15, 0.2) is 34.7 Å². The molecule has 1 unspecified atom stereocenters. The third-order valence-corrected chi connectivity index (χ3v) is 8.08. The number of pyridine rings is 1. The molecule has 2 N–H and O–H groups in total. The van der Waals surface area contributed by atoms with Crippen LogP contribution >= 0.6 is 8.15 Å². The van der Waals surface area contributed by atoms with E-state index in [1.807, 2.05) is 37.3 Å². The van der Waals surface area contributed by atoms with Gasteiger partial charge < -0.3 is 14.6 Å². The van der Waals surface area contributed by atoms with Crippen molar-refractivity contribution >= 4 is 41.0 Å². The lowest BCUT2D eigenvalue weighted by molar-refractivity contribution is 0.0964. The molecule has 3 aromatic rings. The lowest BCUT2D eigenvalue weighted by Gasteiger charge is -2.24. The predicted octanol–water partition coefficient (Wildman–Crippen LogP) is 4.22. The highest BCUT2D eigenvalue weighted by atomic mass is 32.2. The SMILES string of the molecule is CNC(=O)c1c(-c2ccc(C)cc2)oc2nc(N(CCCP(C)O)S(C)(=O)=O)c(C3CC3)cc12. The van der Waals surface area contributed by atoms with E-state index in [4.69, 9.17) is 4.42 Å². The van der Waals surface area contributed by atoms with Crippen LogP contribution in [0.25, 0.3) is 22.4 Å². The van der Waals surface area contributed by atoms with Gasteiger partial charge in [0, 0.05) is 27.3 Å². The number of carbonyl (C=O) groups excluding carboxylic acids is 1. The zero-order valence-electron chi connectivity index (χ0n) is 19.8. The predicted molar refractivity (Wildman–Crippen MR) is 136 cm³/mol. The van der Waals surface area contributed by atoms with E-state index < -0.39 is 18.2 Å². The van der Waals surface area contributed by atoms with Gasteiger partial charge in [-0.05, 0) is 56.6 Å². The maximum absolute atomic E-state index is 12.9. The van der Waals surface area contributed by atoms with Crippen LogP contribution in [0.2, 0.25) is 0 Å². The van der Waals surface area contributed by atoms with E-state index in [0.717, 1.165) is 29.5 Å². The van der Waals surface area contributed by atoms with Gasteiger partial charge in [-0.15, -0.1) is 0 Å². The van der Waals surface area contributed by atoms with Crippen LogP contribution in [0.1, 0.15) is 46.7 Å². The van der Waals surface area contributed by atoms with Crippen molar-refractivity contribution in [3.8, 4) is 11.3 Å². The number of furan rings is 1. The first-order chi connectivity index (χ1) is 16.1. The van der Waals surface area contributed by atoms with Crippen LogP contribution in [0.3, 0.4) is 0 Å². The molecule has 10 heteroatoms. The molecule has 1 aromatic carbocycles. The van der Waals surface area contributed by atoms with Crippen molar-refractivity contribution in [3.63, 3.8) is 0 Å². The molecule has 0 radical (unpaired) electrons. The summed E-state index contributed by atoms with van der Waals surface area (Å²) in [6.45, 7) is 3.95. The van der Waals surface area contributed by atoms with Crippen LogP contribution in [0, 0.1) is 6.92 Å². The molecule has 8 nitrogen and oxygen atoms in total. The molecule has 0 saturated heterocycles. The van der Waals surface area contributed by atoms with Crippen LogP contribution in [0.5, 0.6) is 0 Å². The van der Waals surface area contributed by atoms with Crippen LogP contribution in [-0.4, -0.2) is 56.9 Å². The lowest BCUT2D eigenvalue weighted by Crippen LogP contribution is -2.33. The number of rotatable bonds is 9. The van der Waals surface area contributed by atoms with Crippen molar-refractivity contribution < 1.29 is 22.5 Å². The average molecular weight is 504 g/mol. The van der Waals surface area contributed by atoms with Gasteiger partial charge in [0.1, 0.15) is 11.6 Å². The topological polar surface area (TPSA) is 113 Å². The molecule has 1 aliphatic rings. The Bertz CT molecular complexity index is 1310. The molecule has 1 amide bonds. The standard InChI is InChI=1S/C24H30N3O5PS/c1-15-6-8-17(9-7-15)21-20(23(28)25-2)19-14-18(16-10-11-16)22(26-24(19)32-21)27(34(4,30)31)12-5-13-33(3)29/h6-9,14,16,29H,5,10-13H2,1-4H3,(H,25,28). The van der Waals surface area contributed by atoms with E-state index in [0.29, 0.717) is 35.1 Å². The number of fused-ring (bicyclic) bond motifs is 1. The Morgan fingerprint density at radius 3 is 2.53 bits per heavy atom. The van der Waals surface area contributed by atoms with E-state index in [1.165, 1.54) is 10.6 Å². The summed E-state index contributed by atoms with van der Waals surface area (Å²) in [5.41, 5.74) is 3.26. The van der Waals surface area contributed by atoms with Crippen molar-refractivity contribution in [2.24, 2.45) is 0 Å². The lowest BCUT2D eigenvalue weighted by atomic mass is 10.0. The molecule has 2 aromatic heterocycles. The highest BCUT2D eigenvalue weighted by Crippen LogP contribution is 2.46. The van der Waals surface area contributed by atoms with Crippen molar-refractivity contribution in [2.45, 2.75) is 32.1 Å². The number of nitrogens with zero attached hydrogens (tertiary/aromatic N) is 2. The Kier molecular flexibility index (Phi) is 6.99. The average Bonchev–Trinajstić information content (AvgIpc) is 3.55. The fourth-order valence-electron chi connectivity index (χ4n) is 4.05. The molecule has 1 saturated carbocycles. The van der Waals surface area contributed by atoms with Gasteiger partial charge in [0.2, 0.25) is 15.7 Å². The molecular weight excluding hydrogens is 473 g/mol. The Balaban J connectivity index is 1.91. The molecular formula is C24H30N3O5PS. The van der Waals surface area contributed by atoms with Gasteiger partial charge in [0.25, 0.3) is 5.91 Å². The quantitative estimate of drug-likeness (QED) is 0.423. The van der Waals surface area contributed by atoms with Gasteiger partial charge in [-0.3, -0.25) is 9.10 Å². The molecule has 4 rings (SSSR count). The molecule has 1 fully saturated rings. The Morgan fingerprint density at radius 1 is 1.29 bits per heavy atom. The van der Waals surface area contributed by atoms with E-state index >= 15 is 0 Å². The third-order valence-electron chi connectivity index (χ3n) is 5.96. The van der Waals surface area contributed by atoms with Gasteiger partial charge in [-0.1, -0.05) is 29.8 Å². The number of sulfonamides is 1. The van der Waals surface area contributed by atoms with Gasteiger partial charge in [-0.2, -0.15) is 4.98 Å². The second kappa shape index (κ2) is 9.64. The summed E-state index contributed by atoms with van der Waals surface area (Å²) in [7, 11) is -3.17. The summed E-state index contributed by atoms with van der Waals surface area (Å²) in [5, 5.41) is 3.26. The Labute approximate surface area is 201 Å². The zero-order valence-corrected chi connectivity index (χ0v) is 21.5. The number of benzene rings is 1. The molecule has 0 aliphatic heterocycles. The second-order valence-corrected chi connectivity index (χ2v) is 12.5. The number of aryl methyl sites for hydroxylation is 1. The molecule has 2 heterocycles. The monoisotopic (exact) mass is 503 g/mol. The third kappa shape index (κ3) is 5.11. The largest absolute Gasteiger partial charge is 0.437 e. The number of amides is 1. The van der Waals surface area contributed by atoms with Crippen LogP contribution < -0.4 is 9.62 Å². The van der Waals surface area contributed by atoms with E-state index in [2.05, 4.69) is 10.3 Å². The molecule has 1 aliphatic carbocycles. The minimum absolute atomic E-state index is 0.188. The molecule has 182 valence electrons. The second-order valence-electron chi connectivity index (χ2n) is 8.85.